The molecule has 3 heterocycles. The van der Waals surface area contributed by atoms with Crippen LogP contribution in [-0.4, -0.2) is 40.8 Å². The van der Waals surface area contributed by atoms with E-state index in [1.54, 1.807) is 4.57 Å². The Morgan fingerprint density at radius 2 is 2.03 bits per heavy atom. The van der Waals surface area contributed by atoms with Crippen LogP contribution in [0.1, 0.15) is 62.7 Å². The summed E-state index contributed by atoms with van der Waals surface area (Å²) in [6, 6.07) is 7.67. The molecule has 0 saturated heterocycles. The van der Waals surface area contributed by atoms with Gasteiger partial charge in [0.1, 0.15) is 0 Å². The molecule has 1 aromatic carbocycles. The van der Waals surface area contributed by atoms with Gasteiger partial charge in [-0.3, -0.25) is 13.9 Å². The number of hydrogen-bond donors (Lipinski definition) is 3. The normalized spacial score (nSPS) is 20.6. The highest BCUT2D eigenvalue weighted by atomic mass is 16.4. The Balaban J connectivity index is 1.58. The van der Waals surface area contributed by atoms with Gasteiger partial charge in [-0.2, -0.15) is 0 Å². The Morgan fingerprint density at radius 1 is 1.22 bits per heavy atom. The first kappa shape index (κ1) is 24.7. The highest BCUT2D eigenvalue weighted by Gasteiger charge is 2.36. The van der Waals surface area contributed by atoms with Crippen LogP contribution in [0.15, 0.2) is 59.8 Å². The van der Waals surface area contributed by atoms with Crippen molar-refractivity contribution in [1.29, 1.82) is 0 Å². The molecule has 1 aliphatic heterocycles. The fraction of sp³-hybridized carbons (Fsp3) is 0.444. The van der Waals surface area contributed by atoms with E-state index >= 15 is 0 Å². The van der Waals surface area contributed by atoms with Crippen molar-refractivity contribution < 1.29 is 9.90 Å². The standard InChI is InChI=1S/C27H33N7O3/c1-2-3-9-21-17-33(23-11-5-4-10-22(23)25(35)36)26(37)34(21)18-27(12-14-28-15-13-27)20-8-6-7-19(16-20)24-29-31-32-30-24/h6-8,12-17,22-23,28H,2-5,9-11,18H2,1H3,(H,35,36)(H,29,30,31,32). The van der Waals surface area contributed by atoms with Gasteiger partial charge >= 0.3 is 11.7 Å². The molecule has 1 fully saturated rings. The topological polar surface area (TPSA) is 131 Å². The van der Waals surface area contributed by atoms with E-state index in [2.05, 4.69) is 45.0 Å². The molecule has 5 rings (SSSR count). The number of imidazole rings is 1. The Morgan fingerprint density at radius 3 is 2.76 bits per heavy atom. The molecule has 37 heavy (non-hydrogen) atoms. The zero-order valence-corrected chi connectivity index (χ0v) is 21.0. The van der Waals surface area contributed by atoms with E-state index in [1.807, 2.05) is 47.4 Å². The van der Waals surface area contributed by atoms with E-state index in [-0.39, 0.29) is 11.7 Å². The maximum atomic E-state index is 14.0. The maximum absolute atomic E-state index is 14.0. The Labute approximate surface area is 215 Å². The monoisotopic (exact) mass is 503 g/mol. The maximum Gasteiger partial charge on any atom is 0.328 e. The van der Waals surface area contributed by atoms with Crippen molar-refractivity contribution in [1.82, 2.24) is 35.1 Å². The van der Waals surface area contributed by atoms with Gasteiger partial charge in [0.2, 0.25) is 0 Å². The second-order valence-corrected chi connectivity index (χ2v) is 10.0. The lowest BCUT2D eigenvalue weighted by Crippen LogP contribution is -2.39. The van der Waals surface area contributed by atoms with Crippen LogP contribution in [0.25, 0.3) is 11.4 Å². The van der Waals surface area contributed by atoms with E-state index in [0.717, 1.165) is 48.9 Å². The summed E-state index contributed by atoms with van der Waals surface area (Å²) in [7, 11) is 0. The number of carboxylic acids is 1. The van der Waals surface area contributed by atoms with E-state index < -0.39 is 17.3 Å². The predicted octanol–water partition coefficient (Wildman–Crippen LogP) is 3.56. The molecule has 10 heteroatoms. The van der Waals surface area contributed by atoms with Gasteiger partial charge in [0, 0.05) is 24.0 Å². The molecule has 0 bridgehead atoms. The first-order chi connectivity index (χ1) is 18.0. The molecule has 0 spiro atoms. The largest absolute Gasteiger partial charge is 0.481 e. The summed E-state index contributed by atoms with van der Waals surface area (Å²) in [5, 5.41) is 27.2. The van der Waals surface area contributed by atoms with Crippen molar-refractivity contribution in [3.8, 4) is 11.4 Å². The molecule has 3 N–H and O–H groups in total. The van der Waals surface area contributed by atoms with Gasteiger partial charge in [0.05, 0.1) is 17.4 Å². The van der Waals surface area contributed by atoms with Gasteiger partial charge in [-0.1, -0.05) is 56.5 Å². The molecule has 2 unspecified atom stereocenters. The molecule has 2 aliphatic rings. The molecule has 2 aromatic heterocycles. The number of carboxylic acid groups (broad SMARTS) is 1. The molecule has 194 valence electrons. The molecular weight excluding hydrogens is 470 g/mol. The lowest BCUT2D eigenvalue weighted by molar-refractivity contribution is -0.144. The number of rotatable bonds is 9. The molecule has 2 atom stereocenters. The van der Waals surface area contributed by atoms with Gasteiger partial charge in [0.15, 0.2) is 5.82 Å². The van der Waals surface area contributed by atoms with Crippen LogP contribution >= 0.6 is 0 Å². The third kappa shape index (κ3) is 4.87. The third-order valence-electron chi connectivity index (χ3n) is 7.67. The van der Waals surface area contributed by atoms with Crippen molar-refractivity contribution in [3.63, 3.8) is 0 Å². The van der Waals surface area contributed by atoms with Crippen molar-refractivity contribution in [2.75, 3.05) is 0 Å². The van der Waals surface area contributed by atoms with Crippen LogP contribution in [0.5, 0.6) is 0 Å². The Hall–Kier alpha value is -3.95. The molecule has 0 amide bonds. The average molecular weight is 504 g/mol. The smallest absolute Gasteiger partial charge is 0.328 e. The summed E-state index contributed by atoms with van der Waals surface area (Å²) in [5.74, 6) is -0.789. The van der Waals surface area contributed by atoms with E-state index in [4.69, 9.17) is 0 Å². The zero-order chi connectivity index (χ0) is 25.8. The summed E-state index contributed by atoms with van der Waals surface area (Å²) < 4.78 is 3.56. The van der Waals surface area contributed by atoms with E-state index in [1.165, 1.54) is 0 Å². The third-order valence-corrected chi connectivity index (χ3v) is 7.67. The number of aryl methyl sites for hydroxylation is 1. The SMILES string of the molecule is CCCCc1cn(C2CCCCC2C(=O)O)c(=O)n1CC1(c2cccc(-c3nnn[nH]3)c2)C=CNC=C1. The van der Waals surface area contributed by atoms with Crippen LogP contribution in [0.3, 0.4) is 0 Å². The number of benzene rings is 1. The van der Waals surface area contributed by atoms with Gasteiger partial charge in [-0.05, 0) is 60.1 Å². The van der Waals surface area contributed by atoms with Crippen LogP contribution in [0, 0.1) is 5.92 Å². The van der Waals surface area contributed by atoms with Gasteiger partial charge in [-0.25, -0.2) is 9.89 Å². The Kier molecular flexibility index (Phi) is 7.07. The van der Waals surface area contributed by atoms with Crippen molar-refractivity contribution in [3.05, 3.63) is 76.8 Å². The van der Waals surface area contributed by atoms with Gasteiger partial charge < -0.3 is 10.4 Å². The van der Waals surface area contributed by atoms with E-state index in [0.29, 0.717) is 25.2 Å². The molecular formula is C27H33N7O3. The molecule has 10 nitrogen and oxygen atoms in total. The number of unbranched alkanes of at least 4 members (excludes halogenated alkanes) is 1. The number of hydrogen-bond acceptors (Lipinski definition) is 6. The second kappa shape index (κ2) is 10.6. The summed E-state index contributed by atoms with van der Waals surface area (Å²) in [5.41, 5.74) is 2.06. The highest BCUT2D eigenvalue weighted by molar-refractivity contribution is 5.70. The zero-order valence-electron chi connectivity index (χ0n) is 21.0. The van der Waals surface area contributed by atoms with Gasteiger partial charge in [0.25, 0.3) is 0 Å². The Bertz CT molecular complexity index is 1340. The van der Waals surface area contributed by atoms with E-state index in [9.17, 15) is 14.7 Å². The lowest BCUT2D eigenvalue weighted by atomic mass is 9.78. The second-order valence-electron chi connectivity index (χ2n) is 10.0. The number of allylic oxidation sites excluding steroid dienone is 2. The van der Waals surface area contributed by atoms with Crippen LogP contribution in [0.4, 0.5) is 0 Å². The summed E-state index contributed by atoms with van der Waals surface area (Å²) in [4.78, 5) is 26.0. The first-order valence-corrected chi connectivity index (χ1v) is 13.0. The minimum absolute atomic E-state index is 0.139. The van der Waals surface area contributed by atoms with Crippen molar-refractivity contribution >= 4 is 5.97 Å². The molecule has 1 aliphatic carbocycles. The lowest BCUT2D eigenvalue weighted by Gasteiger charge is -2.31. The van der Waals surface area contributed by atoms with Crippen LogP contribution in [0.2, 0.25) is 0 Å². The number of H-pyrrole nitrogens is 1. The number of carbonyl (C=O) groups is 1. The van der Waals surface area contributed by atoms with Crippen LogP contribution in [-0.2, 0) is 23.2 Å². The fourth-order valence-electron chi connectivity index (χ4n) is 5.64. The summed E-state index contributed by atoms with van der Waals surface area (Å²) in [6.07, 6.45) is 15.7. The summed E-state index contributed by atoms with van der Waals surface area (Å²) in [6.45, 7) is 2.53. The average Bonchev–Trinajstić information content (AvgIpc) is 3.57. The molecule has 3 aromatic rings. The summed E-state index contributed by atoms with van der Waals surface area (Å²) >= 11 is 0. The number of tetrazole rings is 1. The predicted molar refractivity (Wildman–Crippen MR) is 139 cm³/mol. The quantitative estimate of drug-likeness (QED) is 0.407. The number of nitrogens with one attached hydrogen (secondary N) is 2. The first-order valence-electron chi connectivity index (χ1n) is 13.0. The number of aromatic nitrogens is 6. The fourth-order valence-corrected chi connectivity index (χ4v) is 5.64. The van der Waals surface area contributed by atoms with Crippen molar-refractivity contribution in [2.45, 2.75) is 69.9 Å². The molecule has 0 radical (unpaired) electrons. The number of aliphatic carboxylic acids is 1. The minimum Gasteiger partial charge on any atom is -0.481 e. The number of nitrogens with zero attached hydrogens (tertiary/aromatic N) is 5. The van der Waals surface area contributed by atoms with Crippen LogP contribution < -0.4 is 11.0 Å². The number of dihydropyridines is 1. The minimum atomic E-state index is -0.820. The van der Waals surface area contributed by atoms with Gasteiger partial charge in [-0.15, -0.1) is 5.10 Å². The van der Waals surface area contributed by atoms with Crippen molar-refractivity contribution in [2.24, 2.45) is 5.92 Å². The highest BCUT2D eigenvalue weighted by Crippen LogP contribution is 2.36. The molecule has 1 saturated carbocycles. The number of aromatic amines is 1.